The number of rotatable bonds is 2. The van der Waals surface area contributed by atoms with Crippen molar-refractivity contribution in [3.8, 4) is 22.3 Å². The Morgan fingerprint density at radius 2 is 1.32 bits per heavy atom. The fourth-order valence-corrected chi connectivity index (χ4v) is 2.89. The largest absolute Gasteiger partial charge is 0.236 e. The summed E-state index contributed by atoms with van der Waals surface area (Å²) in [6.07, 6.45) is 3.70. The van der Waals surface area contributed by atoms with Crippen LogP contribution in [0.15, 0.2) is 78.1 Å². The molecule has 0 amide bonds. The molecule has 22 heavy (non-hydrogen) atoms. The van der Waals surface area contributed by atoms with Crippen LogP contribution in [0.3, 0.4) is 0 Å². The Balaban J connectivity index is 1.92. The molecule has 4 rings (SSSR count). The van der Waals surface area contributed by atoms with E-state index in [1.807, 2.05) is 60.9 Å². The molecule has 4 aromatic rings. The van der Waals surface area contributed by atoms with Crippen molar-refractivity contribution in [2.75, 3.05) is 0 Å². The van der Waals surface area contributed by atoms with Crippen LogP contribution >= 0.6 is 12.6 Å². The van der Waals surface area contributed by atoms with E-state index in [4.69, 9.17) is 0 Å². The maximum atomic E-state index is 4.66. The number of aromatic nitrogens is 3. The first-order chi connectivity index (χ1) is 10.8. The van der Waals surface area contributed by atoms with E-state index < -0.39 is 0 Å². The molecule has 0 bridgehead atoms. The Hall–Kier alpha value is -2.59. The van der Waals surface area contributed by atoms with Crippen LogP contribution in [0.4, 0.5) is 0 Å². The Bertz CT molecular complexity index is 931. The lowest BCUT2D eigenvalue weighted by molar-refractivity contribution is 0.850. The summed E-state index contributed by atoms with van der Waals surface area (Å²) in [5.41, 5.74) is 4.98. The minimum atomic E-state index is 0.790. The predicted molar refractivity (Wildman–Crippen MR) is 91.1 cm³/mol. The molecule has 0 saturated heterocycles. The molecule has 2 heterocycles. The molecule has 0 aliphatic heterocycles. The van der Waals surface area contributed by atoms with Gasteiger partial charge in [-0.2, -0.15) is 5.10 Å². The van der Waals surface area contributed by atoms with Crippen molar-refractivity contribution in [1.29, 1.82) is 0 Å². The molecular formula is C18H13N3S. The summed E-state index contributed by atoms with van der Waals surface area (Å²) in [5, 5.41) is 5.25. The highest BCUT2D eigenvalue weighted by Gasteiger charge is 2.13. The van der Waals surface area contributed by atoms with Crippen molar-refractivity contribution < 1.29 is 0 Å². The summed E-state index contributed by atoms with van der Waals surface area (Å²) in [5.74, 6) is 0. The van der Waals surface area contributed by atoms with E-state index >= 15 is 0 Å². The van der Waals surface area contributed by atoms with Gasteiger partial charge in [-0.3, -0.25) is 0 Å². The van der Waals surface area contributed by atoms with E-state index in [0.29, 0.717) is 0 Å². The van der Waals surface area contributed by atoms with Crippen LogP contribution in [0.2, 0.25) is 0 Å². The molecule has 0 unspecified atom stereocenters. The monoisotopic (exact) mass is 303 g/mol. The third-order valence-corrected chi connectivity index (χ3v) is 4.10. The Morgan fingerprint density at radius 1 is 0.727 bits per heavy atom. The number of hydrogen-bond donors (Lipinski definition) is 1. The lowest BCUT2D eigenvalue weighted by Crippen LogP contribution is -1.96. The highest BCUT2D eigenvalue weighted by Crippen LogP contribution is 2.29. The zero-order valence-corrected chi connectivity index (χ0v) is 12.6. The third kappa shape index (κ3) is 2.09. The number of hydrogen-bond acceptors (Lipinski definition) is 3. The van der Waals surface area contributed by atoms with Crippen LogP contribution in [0.1, 0.15) is 0 Å². The average Bonchev–Trinajstić information content (AvgIpc) is 3.02. The van der Waals surface area contributed by atoms with Crippen LogP contribution in [-0.4, -0.2) is 14.6 Å². The molecule has 0 aliphatic rings. The topological polar surface area (TPSA) is 30.2 Å². The first-order valence-corrected chi connectivity index (χ1v) is 7.46. The van der Waals surface area contributed by atoms with Crippen LogP contribution in [0.5, 0.6) is 0 Å². The van der Waals surface area contributed by atoms with Gasteiger partial charge < -0.3 is 0 Å². The quantitative estimate of drug-likeness (QED) is 0.441. The Kier molecular flexibility index (Phi) is 3.16. The fraction of sp³-hybridized carbons (Fsp3) is 0. The maximum Gasteiger partial charge on any atom is 0.164 e. The van der Waals surface area contributed by atoms with Crippen molar-refractivity contribution in [2.24, 2.45) is 0 Å². The summed E-state index contributed by atoms with van der Waals surface area (Å²) >= 11 is 4.66. The molecule has 3 nitrogen and oxygen atoms in total. The molecule has 0 atom stereocenters. The third-order valence-electron chi connectivity index (χ3n) is 3.67. The maximum absolute atomic E-state index is 4.66. The van der Waals surface area contributed by atoms with Crippen molar-refractivity contribution in [3.63, 3.8) is 0 Å². The lowest BCUT2D eigenvalue weighted by Gasteiger charge is -2.07. The van der Waals surface area contributed by atoms with E-state index in [1.54, 1.807) is 4.52 Å². The van der Waals surface area contributed by atoms with Crippen LogP contribution in [0.25, 0.3) is 27.9 Å². The minimum Gasteiger partial charge on any atom is -0.236 e. The van der Waals surface area contributed by atoms with Gasteiger partial charge in [0.1, 0.15) is 5.03 Å². The molecule has 0 spiro atoms. The van der Waals surface area contributed by atoms with E-state index in [2.05, 4.69) is 34.8 Å². The molecule has 4 heteroatoms. The second-order valence-corrected chi connectivity index (χ2v) is 5.44. The number of nitrogens with zero attached hydrogens (tertiary/aromatic N) is 3. The number of fused-ring (bicyclic) bond motifs is 1. The van der Waals surface area contributed by atoms with Crippen molar-refractivity contribution >= 4 is 18.3 Å². The summed E-state index contributed by atoms with van der Waals surface area (Å²) < 4.78 is 1.79. The van der Waals surface area contributed by atoms with E-state index in [1.165, 1.54) is 0 Å². The molecule has 0 aliphatic carbocycles. The first-order valence-electron chi connectivity index (χ1n) is 7.01. The zero-order chi connectivity index (χ0) is 14.9. The van der Waals surface area contributed by atoms with Crippen LogP contribution < -0.4 is 0 Å². The van der Waals surface area contributed by atoms with Gasteiger partial charge in [-0.05, 0) is 11.1 Å². The molecule has 0 fully saturated rings. The summed E-state index contributed by atoms with van der Waals surface area (Å²) in [6, 6.07) is 20.2. The Morgan fingerprint density at radius 3 is 1.95 bits per heavy atom. The van der Waals surface area contributed by atoms with Gasteiger partial charge in [0, 0.05) is 17.3 Å². The summed E-state index contributed by atoms with van der Waals surface area (Å²) in [6.45, 7) is 0. The Labute approximate surface area is 133 Å². The highest BCUT2D eigenvalue weighted by atomic mass is 32.1. The smallest absolute Gasteiger partial charge is 0.164 e. The highest BCUT2D eigenvalue weighted by molar-refractivity contribution is 7.80. The lowest BCUT2D eigenvalue weighted by atomic mass is 10.1. The van der Waals surface area contributed by atoms with E-state index in [-0.39, 0.29) is 0 Å². The molecule has 0 saturated carbocycles. The predicted octanol–water partition coefficient (Wildman–Crippen LogP) is 4.35. The average molecular weight is 303 g/mol. The molecule has 106 valence electrons. The van der Waals surface area contributed by atoms with Gasteiger partial charge in [0.2, 0.25) is 0 Å². The second kappa shape index (κ2) is 5.31. The second-order valence-electron chi connectivity index (χ2n) is 5.02. The van der Waals surface area contributed by atoms with Gasteiger partial charge in [0.25, 0.3) is 0 Å². The van der Waals surface area contributed by atoms with Crippen molar-refractivity contribution in [3.05, 3.63) is 73.1 Å². The first kappa shape index (κ1) is 13.1. The molecule has 0 N–H and O–H groups in total. The van der Waals surface area contributed by atoms with Gasteiger partial charge in [-0.15, -0.1) is 12.6 Å². The molecular weight excluding hydrogens is 290 g/mol. The molecule has 0 radical (unpaired) electrons. The minimum absolute atomic E-state index is 0.790. The number of thiol groups is 1. The van der Waals surface area contributed by atoms with E-state index in [9.17, 15) is 0 Å². The van der Waals surface area contributed by atoms with Gasteiger partial charge >= 0.3 is 0 Å². The van der Waals surface area contributed by atoms with Crippen molar-refractivity contribution in [1.82, 2.24) is 14.6 Å². The summed E-state index contributed by atoms with van der Waals surface area (Å²) in [4.78, 5) is 4.61. The zero-order valence-electron chi connectivity index (χ0n) is 11.7. The molecule has 2 aromatic heterocycles. The van der Waals surface area contributed by atoms with Crippen LogP contribution in [0, 0.1) is 0 Å². The van der Waals surface area contributed by atoms with Gasteiger partial charge in [-0.1, -0.05) is 60.7 Å². The fourth-order valence-electron chi connectivity index (χ4n) is 2.56. The number of benzene rings is 2. The van der Waals surface area contributed by atoms with Crippen LogP contribution in [-0.2, 0) is 0 Å². The SMILES string of the molecule is Sc1c(-c2ccccc2)cnc2c(-c3ccccc3)cnn12. The van der Waals surface area contributed by atoms with E-state index in [0.717, 1.165) is 32.9 Å². The summed E-state index contributed by atoms with van der Waals surface area (Å²) in [7, 11) is 0. The van der Waals surface area contributed by atoms with Gasteiger partial charge in [0.15, 0.2) is 5.65 Å². The standard InChI is InChI=1S/C18H13N3S/c22-18-16(14-9-5-2-6-10-14)11-19-17-15(12-20-21(17)18)13-7-3-1-4-8-13/h1-12,22H. The van der Waals surface area contributed by atoms with Gasteiger partial charge in [-0.25, -0.2) is 9.50 Å². The van der Waals surface area contributed by atoms with Crippen molar-refractivity contribution in [2.45, 2.75) is 5.03 Å². The normalized spacial score (nSPS) is 11.0. The molecule has 2 aromatic carbocycles. The van der Waals surface area contributed by atoms with Gasteiger partial charge in [0.05, 0.1) is 6.20 Å².